The first kappa shape index (κ1) is 16.0. The van der Waals surface area contributed by atoms with E-state index < -0.39 is 0 Å². The number of benzene rings is 2. The molecule has 0 spiro atoms. The van der Waals surface area contributed by atoms with Crippen LogP contribution in [0, 0.1) is 0 Å². The lowest BCUT2D eigenvalue weighted by atomic mass is 10.2. The summed E-state index contributed by atoms with van der Waals surface area (Å²) in [7, 11) is 0. The average Bonchev–Trinajstić information content (AvgIpc) is 2.52. The van der Waals surface area contributed by atoms with E-state index in [4.69, 9.17) is 9.47 Å². The van der Waals surface area contributed by atoms with Gasteiger partial charge in [0, 0.05) is 18.3 Å². The van der Waals surface area contributed by atoms with Crippen LogP contribution in [0.3, 0.4) is 0 Å². The van der Waals surface area contributed by atoms with Crippen molar-refractivity contribution in [1.82, 2.24) is 0 Å². The largest absolute Gasteiger partial charge is 0.508 e. The fraction of sp³-hybridized carbons (Fsp3) is 0.333. The minimum Gasteiger partial charge on any atom is -0.508 e. The highest BCUT2D eigenvalue weighted by molar-refractivity contribution is 5.49. The number of rotatable bonds is 8. The zero-order valence-electron chi connectivity index (χ0n) is 13.1. The van der Waals surface area contributed by atoms with E-state index in [1.807, 2.05) is 37.3 Å². The maximum Gasteiger partial charge on any atom is 0.161 e. The van der Waals surface area contributed by atoms with Gasteiger partial charge in [0.1, 0.15) is 5.75 Å². The van der Waals surface area contributed by atoms with Crippen LogP contribution in [0.25, 0.3) is 0 Å². The van der Waals surface area contributed by atoms with Crippen molar-refractivity contribution in [2.75, 3.05) is 18.5 Å². The van der Waals surface area contributed by atoms with Crippen molar-refractivity contribution in [2.24, 2.45) is 0 Å². The van der Waals surface area contributed by atoms with Crippen LogP contribution in [0.15, 0.2) is 42.5 Å². The fourth-order valence-electron chi connectivity index (χ4n) is 2.08. The van der Waals surface area contributed by atoms with E-state index in [2.05, 4.69) is 12.2 Å². The molecule has 0 radical (unpaired) electrons. The van der Waals surface area contributed by atoms with E-state index in [-0.39, 0.29) is 5.75 Å². The molecule has 2 aromatic rings. The number of phenols is 1. The van der Waals surface area contributed by atoms with Gasteiger partial charge in [-0.15, -0.1) is 0 Å². The van der Waals surface area contributed by atoms with Crippen molar-refractivity contribution in [3.05, 3.63) is 48.0 Å². The second kappa shape index (κ2) is 8.17. The minimum absolute atomic E-state index is 0.253. The molecule has 0 aromatic heterocycles. The number of phenolic OH excluding ortho intramolecular Hbond substituents is 1. The van der Waals surface area contributed by atoms with Gasteiger partial charge < -0.3 is 19.9 Å². The predicted octanol–water partition coefficient (Wildman–Crippen LogP) is 4.19. The van der Waals surface area contributed by atoms with Crippen molar-refractivity contribution < 1.29 is 14.6 Å². The van der Waals surface area contributed by atoms with Gasteiger partial charge in [-0.2, -0.15) is 0 Å². The van der Waals surface area contributed by atoms with Gasteiger partial charge in [0.25, 0.3) is 0 Å². The molecule has 118 valence electrons. The molecule has 0 aliphatic rings. The fourth-order valence-corrected chi connectivity index (χ4v) is 2.08. The molecule has 0 amide bonds. The maximum absolute atomic E-state index is 9.47. The molecule has 0 saturated carbocycles. The van der Waals surface area contributed by atoms with Gasteiger partial charge in [-0.05, 0) is 43.2 Å². The Morgan fingerprint density at radius 1 is 1.00 bits per heavy atom. The summed E-state index contributed by atoms with van der Waals surface area (Å²) in [6.07, 6.45) is 0.965. The van der Waals surface area contributed by atoms with Crippen LogP contribution >= 0.6 is 0 Å². The topological polar surface area (TPSA) is 50.7 Å². The number of aromatic hydroxyl groups is 1. The molecule has 0 unspecified atom stereocenters. The van der Waals surface area contributed by atoms with Gasteiger partial charge in [-0.25, -0.2) is 0 Å². The first-order chi connectivity index (χ1) is 10.7. The molecular weight excluding hydrogens is 278 g/mol. The molecule has 2 rings (SSSR count). The van der Waals surface area contributed by atoms with E-state index in [1.165, 1.54) is 0 Å². The molecule has 0 bridgehead atoms. The average molecular weight is 301 g/mol. The summed E-state index contributed by atoms with van der Waals surface area (Å²) in [4.78, 5) is 0. The van der Waals surface area contributed by atoms with Gasteiger partial charge in [-0.3, -0.25) is 0 Å². The molecule has 2 aromatic carbocycles. The van der Waals surface area contributed by atoms with Crippen molar-refractivity contribution in [1.29, 1.82) is 0 Å². The Balaban J connectivity index is 2.05. The number of nitrogens with one attached hydrogen (secondary N) is 1. The summed E-state index contributed by atoms with van der Waals surface area (Å²) in [6.45, 7) is 5.97. The first-order valence-corrected chi connectivity index (χ1v) is 7.64. The summed E-state index contributed by atoms with van der Waals surface area (Å²) >= 11 is 0. The Labute approximate surface area is 131 Å². The summed E-state index contributed by atoms with van der Waals surface area (Å²) in [5.74, 6) is 1.80. The van der Waals surface area contributed by atoms with Gasteiger partial charge >= 0.3 is 0 Å². The lowest BCUT2D eigenvalue weighted by Gasteiger charge is -2.13. The number of hydrogen-bond acceptors (Lipinski definition) is 4. The van der Waals surface area contributed by atoms with Crippen molar-refractivity contribution >= 4 is 5.69 Å². The maximum atomic E-state index is 9.47. The second-order valence-corrected chi connectivity index (χ2v) is 4.97. The molecule has 2 N–H and O–H groups in total. The molecule has 0 saturated heterocycles. The van der Waals surface area contributed by atoms with Crippen molar-refractivity contribution in [3.63, 3.8) is 0 Å². The van der Waals surface area contributed by atoms with E-state index in [0.29, 0.717) is 19.8 Å². The van der Waals surface area contributed by atoms with E-state index in [1.54, 1.807) is 12.1 Å². The number of ether oxygens (including phenoxy) is 2. The highest BCUT2D eigenvalue weighted by Crippen LogP contribution is 2.29. The Bertz CT molecular complexity index is 599. The van der Waals surface area contributed by atoms with E-state index in [0.717, 1.165) is 29.2 Å². The summed E-state index contributed by atoms with van der Waals surface area (Å²) in [5.41, 5.74) is 1.97. The standard InChI is InChI=1S/C18H23NO3/c1-3-10-22-17-9-8-14(11-18(17)21-4-2)13-19-15-6-5-7-16(20)12-15/h5-9,11-12,19-20H,3-4,10,13H2,1-2H3. The summed E-state index contributed by atoms with van der Waals surface area (Å²) < 4.78 is 11.3. The van der Waals surface area contributed by atoms with E-state index >= 15 is 0 Å². The summed E-state index contributed by atoms with van der Waals surface area (Å²) in [5, 5.41) is 12.7. The molecular formula is C18H23NO3. The summed E-state index contributed by atoms with van der Waals surface area (Å²) in [6, 6.07) is 13.0. The van der Waals surface area contributed by atoms with Crippen LogP contribution in [0.4, 0.5) is 5.69 Å². The van der Waals surface area contributed by atoms with Crippen LogP contribution in [-0.4, -0.2) is 18.3 Å². The Kier molecular flexibility index (Phi) is 5.95. The third-order valence-corrected chi connectivity index (χ3v) is 3.11. The predicted molar refractivity (Wildman–Crippen MR) is 88.8 cm³/mol. The molecule has 0 aliphatic carbocycles. The Morgan fingerprint density at radius 2 is 1.86 bits per heavy atom. The lowest BCUT2D eigenvalue weighted by molar-refractivity contribution is 0.276. The normalized spacial score (nSPS) is 10.3. The van der Waals surface area contributed by atoms with Crippen LogP contribution in [0.2, 0.25) is 0 Å². The smallest absolute Gasteiger partial charge is 0.161 e. The zero-order valence-corrected chi connectivity index (χ0v) is 13.1. The molecule has 0 fully saturated rings. The Hall–Kier alpha value is -2.36. The monoisotopic (exact) mass is 301 g/mol. The molecule has 0 aliphatic heterocycles. The van der Waals surface area contributed by atoms with Crippen LogP contribution in [-0.2, 0) is 6.54 Å². The van der Waals surface area contributed by atoms with E-state index in [9.17, 15) is 5.11 Å². The van der Waals surface area contributed by atoms with Gasteiger partial charge in [0.2, 0.25) is 0 Å². The van der Waals surface area contributed by atoms with Crippen molar-refractivity contribution in [2.45, 2.75) is 26.8 Å². The molecule has 22 heavy (non-hydrogen) atoms. The lowest BCUT2D eigenvalue weighted by Crippen LogP contribution is -2.03. The third-order valence-electron chi connectivity index (χ3n) is 3.11. The van der Waals surface area contributed by atoms with Crippen LogP contribution < -0.4 is 14.8 Å². The van der Waals surface area contributed by atoms with Crippen molar-refractivity contribution in [3.8, 4) is 17.2 Å². The first-order valence-electron chi connectivity index (χ1n) is 7.64. The van der Waals surface area contributed by atoms with Gasteiger partial charge in [-0.1, -0.05) is 19.1 Å². The molecule has 0 atom stereocenters. The van der Waals surface area contributed by atoms with Crippen LogP contribution in [0.5, 0.6) is 17.2 Å². The molecule has 4 heteroatoms. The number of hydrogen-bond donors (Lipinski definition) is 2. The highest BCUT2D eigenvalue weighted by atomic mass is 16.5. The van der Waals surface area contributed by atoms with Crippen LogP contribution in [0.1, 0.15) is 25.8 Å². The number of anilines is 1. The van der Waals surface area contributed by atoms with Gasteiger partial charge in [0.15, 0.2) is 11.5 Å². The van der Waals surface area contributed by atoms with Gasteiger partial charge in [0.05, 0.1) is 13.2 Å². The SMILES string of the molecule is CCCOc1ccc(CNc2cccc(O)c2)cc1OCC. The third kappa shape index (κ3) is 4.58. The second-order valence-electron chi connectivity index (χ2n) is 4.97. The highest BCUT2D eigenvalue weighted by Gasteiger charge is 2.06. The quantitative estimate of drug-likeness (QED) is 0.767. The molecule has 0 heterocycles. The molecule has 4 nitrogen and oxygen atoms in total. The zero-order chi connectivity index (χ0) is 15.8. The minimum atomic E-state index is 0.253. The Morgan fingerprint density at radius 3 is 2.59 bits per heavy atom.